The van der Waals surface area contributed by atoms with Crippen LogP contribution in [0.3, 0.4) is 0 Å². The fourth-order valence-corrected chi connectivity index (χ4v) is 1.96. The van der Waals surface area contributed by atoms with Crippen LogP contribution in [-0.4, -0.2) is 23.9 Å². The topological polar surface area (TPSA) is 87.3 Å². The molecule has 7 heteroatoms. The number of hydrogen-bond donors (Lipinski definition) is 3. The largest absolute Gasteiger partial charge is 0.326 e. The Hall–Kier alpha value is -1.89. The van der Waals surface area contributed by atoms with Crippen molar-refractivity contribution < 1.29 is 14.4 Å². The van der Waals surface area contributed by atoms with Gasteiger partial charge < -0.3 is 10.6 Å². The smallest absolute Gasteiger partial charge is 0.322 e. The molecule has 4 amide bonds. The van der Waals surface area contributed by atoms with Gasteiger partial charge in [-0.3, -0.25) is 14.9 Å². The fourth-order valence-electron chi connectivity index (χ4n) is 1.69. The van der Waals surface area contributed by atoms with Crippen molar-refractivity contribution in [3.8, 4) is 0 Å². The maximum atomic E-state index is 11.7. The van der Waals surface area contributed by atoms with E-state index in [0.29, 0.717) is 5.69 Å². The van der Waals surface area contributed by atoms with Gasteiger partial charge in [0.25, 0.3) is 5.91 Å². The number of urea groups is 1. The van der Waals surface area contributed by atoms with E-state index in [1.54, 1.807) is 12.1 Å². The Kier molecular flexibility index (Phi) is 4.16. The van der Waals surface area contributed by atoms with E-state index in [1.807, 2.05) is 12.1 Å². The van der Waals surface area contributed by atoms with Crippen molar-refractivity contribution in [2.75, 3.05) is 5.32 Å². The molecule has 1 atom stereocenters. The maximum absolute atomic E-state index is 11.7. The standard InChI is InChI=1S/C12H12BrN3O3/c13-7-1-3-8(4-2-7)14-10(17)6-5-9-11(18)16-12(19)15-9/h1-4,9H,5-6H2,(H,14,17)(H2,15,16,18,19). The van der Waals surface area contributed by atoms with Crippen LogP contribution in [0.4, 0.5) is 10.5 Å². The van der Waals surface area contributed by atoms with Crippen LogP contribution in [0.2, 0.25) is 0 Å². The highest BCUT2D eigenvalue weighted by molar-refractivity contribution is 9.10. The average molecular weight is 326 g/mol. The lowest BCUT2D eigenvalue weighted by molar-refractivity contribution is -0.120. The third-order valence-electron chi connectivity index (χ3n) is 2.65. The SMILES string of the molecule is O=C(CCC1NC(=O)NC1=O)Nc1ccc(Br)cc1. The quantitative estimate of drug-likeness (QED) is 0.731. The van der Waals surface area contributed by atoms with E-state index in [-0.39, 0.29) is 24.7 Å². The molecule has 1 aromatic rings. The molecule has 0 aliphatic carbocycles. The van der Waals surface area contributed by atoms with Crippen LogP contribution in [0.1, 0.15) is 12.8 Å². The zero-order valence-corrected chi connectivity index (χ0v) is 11.5. The zero-order chi connectivity index (χ0) is 13.8. The highest BCUT2D eigenvalue weighted by Crippen LogP contribution is 2.14. The summed E-state index contributed by atoms with van der Waals surface area (Å²) in [5.41, 5.74) is 0.688. The van der Waals surface area contributed by atoms with Crippen molar-refractivity contribution in [3.05, 3.63) is 28.7 Å². The molecular weight excluding hydrogens is 314 g/mol. The average Bonchev–Trinajstić information content (AvgIpc) is 2.68. The molecule has 2 rings (SSSR count). The Morgan fingerprint density at radius 3 is 2.53 bits per heavy atom. The number of rotatable bonds is 4. The Labute approximate surface area is 118 Å². The second kappa shape index (κ2) is 5.83. The molecule has 0 aromatic heterocycles. The van der Waals surface area contributed by atoms with Crippen LogP contribution >= 0.6 is 15.9 Å². The van der Waals surface area contributed by atoms with Crippen molar-refractivity contribution >= 4 is 39.5 Å². The number of benzene rings is 1. The number of halogens is 1. The third-order valence-corrected chi connectivity index (χ3v) is 3.18. The number of imide groups is 1. The van der Waals surface area contributed by atoms with Crippen molar-refractivity contribution in [1.29, 1.82) is 0 Å². The zero-order valence-electron chi connectivity index (χ0n) is 9.90. The molecular formula is C12H12BrN3O3. The minimum absolute atomic E-state index is 0.161. The summed E-state index contributed by atoms with van der Waals surface area (Å²) in [7, 11) is 0. The molecule has 1 saturated heterocycles. The summed E-state index contributed by atoms with van der Waals surface area (Å²) in [6.07, 6.45) is 0.439. The van der Waals surface area contributed by atoms with Gasteiger partial charge in [0.05, 0.1) is 0 Å². The highest BCUT2D eigenvalue weighted by Gasteiger charge is 2.29. The molecule has 1 unspecified atom stereocenters. The maximum Gasteiger partial charge on any atom is 0.322 e. The Balaban J connectivity index is 1.80. The number of anilines is 1. The molecule has 0 bridgehead atoms. The molecule has 100 valence electrons. The molecule has 1 fully saturated rings. The number of amides is 4. The summed E-state index contributed by atoms with van der Waals surface area (Å²) in [5, 5.41) is 7.28. The van der Waals surface area contributed by atoms with Gasteiger partial charge in [-0.05, 0) is 30.7 Å². The van der Waals surface area contributed by atoms with Crippen molar-refractivity contribution in [2.45, 2.75) is 18.9 Å². The van der Waals surface area contributed by atoms with Gasteiger partial charge in [-0.2, -0.15) is 0 Å². The predicted octanol–water partition coefficient (Wildman–Crippen LogP) is 1.38. The van der Waals surface area contributed by atoms with Gasteiger partial charge in [0.1, 0.15) is 6.04 Å². The minimum atomic E-state index is -0.622. The molecule has 0 radical (unpaired) electrons. The number of hydrogen-bond acceptors (Lipinski definition) is 3. The van der Waals surface area contributed by atoms with E-state index in [2.05, 4.69) is 31.9 Å². The molecule has 1 heterocycles. The van der Waals surface area contributed by atoms with Crippen LogP contribution in [0.5, 0.6) is 0 Å². The van der Waals surface area contributed by atoms with E-state index in [0.717, 1.165) is 4.47 Å². The van der Waals surface area contributed by atoms with E-state index < -0.39 is 12.1 Å². The van der Waals surface area contributed by atoms with E-state index >= 15 is 0 Å². The fraction of sp³-hybridized carbons (Fsp3) is 0.250. The van der Waals surface area contributed by atoms with E-state index in [9.17, 15) is 14.4 Å². The summed E-state index contributed by atoms with van der Waals surface area (Å²) in [4.78, 5) is 33.8. The molecule has 1 aromatic carbocycles. The first-order chi connectivity index (χ1) is 9.04. The summed E-state index contributed by atoms with van der Waals surface area (Å²) in [5.74, 6) is -0.585. The molecule has 0 spiro atoms. The van der Waals surface area contributed by atoms with Gasteiger partial charge in [0.2, 0.25) is 5.91 Å². The molecule has 6 nitrogen and oxygen atoms in total. The minimum Gasteiger partial charge on any atom is -0.326 e. The normalized spacial score (nSPS) is 17.8. The van der Waals surface area contributed by atoms with Gasteiger partial charge in [0.15, 0.2) is 0 Å². The Bertz CT molecular complexity index is 515. The van der Waals surface area contributed by atoms with Gasteiger partial charge >= 0.3 is 6.03 Å². The lowest BCUT2D eigenvalue weighted by Crippen LogP contribution is -2.30. The van der Waals surface area contributed by atoms with Crippen molar-refractivity contribution in [1.82, 2.24) is 10.6 Å². The predicted molar refractivity (Wildman–Crippen MR) is 72.5 cm³/mol. The molecule has 19 heavy (non-hydrogen) atoms. The first-order valence-corrected chi connectivity index (χ1v) is 6.50. The molecule has 1 aliphatic rings. The monoisotopic (exact) mass is 325 g/mol. The second-order valence-corrected chi connectivity index (χ2v) is 5.02. The van der Waals surface area contributed by atoms with Gasteiger partial charge in [0, 0.05) is 16.6 Å². The van der Waals surface area contributed by atoms with Crippen molar-refractivity contribution in [3.63, 3.8) is 0 Å². The molecule has 3 N–H and O–H groups in total. The summed E-state index contributed by atoms with van der Waals surface area (Å²) in [6, 6.07) is 6.05. The first-order valence-electron chi connectivity index (χ1n) is 5.71. The lowest BCUT2D eigenvalue weighted by atomic mass is 10.1. The number of carbonyl (C=O) groups excluding carboxylic acids is 3. The third kappa shape index (κ3) is 3.78. The summed E-state index contributed by atoms with van der Waals surface area (Å²) >= 11 is 3.30. The Morgan fingerprint density at radius 2 is 1.95 bits per heavy atom. The van der Waals surface area contributed by atoms with Crippen LogP contribution < -0.4 is 16.0 Å². The van der Waals surface area contributed by atoms with E-state index in [1.165, 1.54) is 0 Å². The summed E-state index contributed by atoms with van der Waals surface area (Å²) in [6.45, 7) is 0. The van der Waals surface area contributed by atoms with Crippen molar-refractivity contribution in [2.24, 2.45) is 0 Å². The number of nitrogens with one attached hydrogen (secondary N) is 3. The first kappa shape index (κ1) is 13.5. The van der Waals surface area contributed by atoms with Crippen LogP contribution in [0.15, 0.2) is 28.7 Å². The molecule has 1 aliphatic heterocycles. The van der Waals surface area contributed by atoms with E-state index in [4.69, 9.17) is 0 Å². The van der Waals surface area contributed by atoms with Crippen LogP contribution in [-0.2, 0) is 9.59 Å². The second-order valence-electron chi connectivity index (χ2n) is 4.11. The highest BCUT2D eigenvalue weighted by atomic mass is 79.9. The molecule has 0 saturated carbocycles. The van der Waals surface area contributed by atoms with Crippen LogP contribution in [0.25, 0.3) is 0 Å². The summed E-state index contributed by atoms with van der Waals surface area (Å²) < 4.78 is 0.927. The van der Waals surface area contributed by atoms with Crippen LogP contribution in [0, 0.1) is 0 Å². The lowest BCUT2D eigenvalue weighted by Gasteiger charge is -2.08. The van der Waals surface area contributed by atoms with Gasteiger partial charge in [-0.1, -0.05) is 15.9 Å². The number of carbonyl (C=O) groups is 3. The Morgan fingerprint density at radius 1 is 1.26 bits per heavy atom. The van der Waals surface area contributed by atoms with Gasteiger partial charge in [-0.15, -0.1) is 0 Å². The van der Waals surface area contributed by atoms with Gasteiger partial charge in [-0.25, -0.2) is 4.79 Å².